The van der Waals surface area contributed by atoms with Crippen LogP contribution < -0.4 is 9.62 Å². The summed E-state index contributed by atoms with van der Waals surface area (Å²) in [5.41, 5.74) is 4.00. The molecular weight excluding hydrogens is 410 g/mol. The summed E-state index contributed by atoms with van der Waals surface area (Å²) < 4.78 is 27.4. The van der Waals surface area contributed by atoms with Gasteiger partial charge in [-0.3, -0.25) is 9.10 Å². The number of aromatic nitrogens is 1. The van der Waals surface area contributed by atoms with E-state index in [0.717, 1.165) is 28.3 Å². The number of rotatable bonds is 5. The Bertz CT molecular complexity index is 1380. The molecule has 0 aliphatic heterocycles. The SMILES string of the molecule is CN(c1ccc(-c2ccccc2)cc1NC(=O)c1cccc2ccn(C)c12)S(C)(=O)=O. The first-order valence-electron chi connectivity index (χ1n) is 9.74. The lowest BCUT2D eigenvalue weighted by molar-refractivity contribution is 0.102. The van der Waals surface area contributed by atoms with Gasteiger partial charge in [-0.15, -0.1) is 0 Å². The molecule has 0 aliphatic carbocycles. The van der Waals surface area contributed by atoms with E-state index in [9.17, 15) is 13.2 Å². The minimum Gasteiger partial charge on any atom is -0.350 e. The largest absolute Gasteiger partial charge is 0.350 e. The van der Waals surface area contributed by atoms with Gasteiger partial charge in [0.15, 0.2) is 0 Å². The maximum absolute atomic E-state index is 13.3. The molecule has 6 nitrogen and oxygen atoms in total. The number of amides is 1. The van der Waals surface area contributed by atoms with Crippen molar-refractivity contribution in [1.82, 2.24) is 4.57 Å². The van der Waals surface area contributed by atoms with E-state index in [2.05, 4.69) is 5.32 Å². The van der Waals surface area contributed by atoms with Crippen LogP contribution >= 0.6 is 0 Å². The van der Waals surface area contributed by atoms with Gasteiger partial charge >= 0.3 is 0 Å². The Kier molecular flexibility index (Phi) is 5.29. The molecule has 7 heteroatoms. The lowest BCUT2D eigenvalue weighted by Crippen LogP contribution is -2.26. The molecule has 0 bridgehead atoms. The number of sulfonamides is 1. The number of nitrogens with zero attached hydrogens (tertiary/aromatic N) is 2. The van der Waals surface area contributed by atoms with E-state index in [1.807, 2.05) is 72.4 Å². The zero-order chi connectivity index (χ0) is 22.2. The predicted octanol–water partition coefficient (Wildman–Crippen LogP) is 4.49. The third-order valence-corrected chi connectivity index (χ3v) is 6.52. The fraction of sp³-hybridized carbons (Fsp3) is 0.125. The number of para-hydroxylation sites is 1. The van der Waals surface area contributed by atoms with E-state index in [1.165, 1.54) is 11.4 Å². The van der Waals surface area contributed by atoms with Gasteiger partial charge in [-0.05, 0) is 35.4 Å². The summed E-state index contributed by atoms with van der Waals surface area (Å²) in [6.45, 7) is 0. The fourth-order valence-corrected chi connectivity index (χ4v) is 4.15. The van der Waals surface area contributed by atoms with E-state index >= 15 is 0 Å². The first kappa shape index (κ1) is 20.7. The summed E-state index contributed by atoms with van der Waals surface area (Å²) in [5.74, 6) is -0.305. The average Bonchev–Trinajstić information content (AvgIpc) is 3.14. The van der Waals surface area contributed by atoms with Crippen molar-refractivity contribution < 1.29 is 13.2 Å². The Morgan fingerprint density at radius 1 is 0.935 bits per heavy atom. The molecule has 4 aromatic rings. The molecule has 0 atom stereocenters. The smallest absolute Gasteiger partial charge is 0.257 e. The zero-order valence-corrected chi connectivity index (χ0v) is 18.3. The fourth-order valence-electron chi connectivity index (χ4n) is 3.63. The summed E-state index contributed by atoms with van der Waals surface area (Å²) in [7, 11) is -0.151. The van der Waals surface area contributed by atoms with Crippen molar-refractivity contribution in [2.45, 2.75) is 0 Å². The normalized spacial score (nSPS) is 11.5. The molecule has 0 radical (unpaired) electrons. The molecule has 4 rings (SSSR count). The number of aryl methyl sites for hydroxylation is 1. The van der Waals surface area contributed by atoms with Crippen LogP contribution in [-0.4, -0.2) is 32.2 Å². The van der Waals surface area contributed by atoms with Crippen LogP contribution in [0.25, 0.3) is 22.0 Å². The van der Waals surface area contributed by atoms with Crippen molar-refractivity contribution in [2.24, 2.45) is 7.05 Å². The second-order valence-electron chi connectivity index (χ2n) is 7.45. The zero-order valence-electron chi connectivity index (χ0n) is 17.5. The highest BCUT2D eigenvalue weighted by Gasteiger charge is 2.20. The van der Waals surface area contributed by atoms with E-state index in [0.29, 0.717) is 16.9 Å². The molecule has 0 saturated heterocycles. The number of anilines is 2. The van der Waals surface area contributed by atoms with Crippen LogP contribution in [0, 0.1) is 0 Å². The van der Waals surface area contributed by atoms with Crippen molar-refractivity contribution in [2.75, 3.05) is 22.9 Å². The highest BCUT2D eigenvalue weighted by atomic mass is 32.2. The highest BCUT2D eigenvalue weighted by molar-refractivity contribution is 7.92. The number of fused-ring (bicyclic) bond motifs is 1. The monoisotopic (exact) mass is 433 g/mol. The van der Waals surface area contributed by atoms with Crippen LogP contribution in [0.1, 0.15) is 10.4 Å². The van der Waals surface area contributed by atoms with Crippen molar-refractivity contribution in [3.63, 3.8) is 0 Å². The van der Waals surface area contributed by atoms with Crippen LogP contribution in [0.3, 0.4) is 0 Å². The maximum Gasteiger partial charge on any atom is 0.257 e. The molecule has 3 aromatic carbocycles. The Labute approximate surface area is 181 Å². The third-order valence-electron chi connectivity index (χ3n) is 5.33. The Balaban J connectivity index is 1.81. The molecule has 158 valence electrons. The summed E-state index contributed by atoms with van der Waals surface area (Å²) in [4.78, 5) is 13.3. The molecular formula is C24H23N3O3S. The first-order valence-corrected chi connectivity index (χ1v) is 11.6. The molecule has 0 unspecified atom stereocenters. The topological polar surface area (TPSA) is 71.4 Å². The number of nitrogens with one attached hydrogen (secondary N) is 1. The molecule has 1 aromatic heterocycles. The number of hydrogen-bond acceptors (Lipinski definition) is 3. The molecule has 0 aliphatic rings. The van der Waals surface area contributed by atoms with Crippen LogP contribution in [0.2, 0.25) is 0 Å². The summed E-state index contributed by atoms with van der Waals surface area (Å²) in [6, 6.07) is 22.6. The van der Waals surface area contributed by atoms with Crippen molar-refractivity contribution in [3.05, 3.63) is 84.6 Å². The van der Waals surface area contributed by atoms with Gasteiger partial charge in [-0.2, -0.15) is 0 Å². The van der Waals surface area contributed by atoms with Gasteiger partial charge in [0, 0.05) is 25.7 Å². The van der Waals surface area contributed by atoms with Gasteiger partial charge < -0.3 is 9.88 Å². The van der Waals surface area contributed by atoms with Gasteiger partial charge in [0.05, 0.1) is 28.7 Å². The predicted molar refractivity (Wildman–Crippen MR) is 126 cm³/mol. The van der Waals surface area contributed by atoms with Gasteiger partial charge in [-0.1, -0.05) is 48.5 Å². The molecule has 1 amide bonds. The molecule has 1 heterocycles. The van der Waals surface area contributed by atoms with Crippen LogP contribution in [0.4, 0.5) is 11.4 Å². The van der Waals surface area contributed by atoms with E-state index in [1.54, 1.807) is 18.2 Å². The first-order chi connectivity index (χ1) is 14.8. The van der Waals surface area contributed by atoms with Crippen molar-refractivity contribution in [3.8, 4) is 11.1 Å². The second kappa shape index (κ2) is 7.92. The molecule has 0 spiro atoms. The number of carbonyl (C=O) groups is 1. The third kappa shape index (κ3) is 4.04. The maximum atomic E-state index is 13.3. The van der Waals surface area contributed by atoms with Gasteiger partial charge in [0.25, 0.3) is 5.91 Å². The number of benzene rings is 3. The molecule has 0 saturated carbocycles. The Hall–Kier alpha value is -3.58. The minimum atomic E-state index is -3.51. The summed E-state index contributed by atoms with van der Waals surface area (Å²) >= 11 is 0. The summed E-state index contributed by atoms with van der Waals surface area (Å²) in [5, 5.41) is 3.90. The van der Waals surface area contributed by atoms with Crippen LogP contribution in [0.5, 0.6) is 0 Å². The molecule has 0 fully saturated rings. The lowest BCUT2D eigenvalue weighted by atomic mass is 10.0. The lowest BCUT2D eigenvalue weighted by Gasteiger charge is -2.21. The van der Waals surface area contributed by atoms with E-state index in [4.69, 9.17) is 0 Å². The average molecular weight is 434 g/mol. The van der Waals surface area contributed by atoms with Crippen LogP contribution in [-0.2, 0) is 17.1 Å². The Morgan fingerprint density at radius 3 is 2.39 bits per heavy atom. The van der Waals surface area contributed by atoms with Crippen molar-refractivity contribution >= 4 is 38.2 Å². The van der Waals surface area contributed by atoms with Gasteiger partial charge in [0.1, 0.15) is 0 Å². The van der Waals surface area contributed by atoms with Crippen molar-refractivity contribution in [1.29, 1.82) is 0 Å². The van der Waals surface area contributed by atoms with Gasteiger partial charge in [0.2, 0.25) is 10.0 Å². The van der Waals surface area contributed by atoms with Gasteiger partial charge in [-0.25, -0.2) is 8.42 Å². The quantitative estimate of drug-likeness (QED) is 0.504. The Morgan fingerprint density at radius 2 is 1.68 bits per heavy atom. The standard InChI is InChI=1S/C24H23N3O3S/c1-26-15-14-18-10-7-11-20(23(18)26)24(28)25-21-16-19(17-8-5-4-6-9-17)12-13-22(21)27(2)31(3,29)30/h4-16H,1-3H3,(H,25,28). The summed E-state index contributed by atoms with van der Waals surface area (Å²) in [6.07, 6.45) is 3.04. The molecule has 1 N–H and O–H groups in total. The highest BCUT2D eigenvalue weighted by Crippen LogP contribution is 2.33. The second-order valence-corrected chi connectivity index (χ2v) is 9.47. The van der Waals surface area contributed by atoms with E-state index in [-0.39, 0.29) is 5.91 Å². The molecule has 31 heavy (non-hydrogen) atoms. The van der Waals surface area contributed by atoms with E-state index < -0.39 is 10.0 Å². The number of carbonyl (C=O) groups excluding carboxylic acids is 1. The minimum absolute atomic E-state index is 0.305. The number of hydrogen-bond donors (Lipinski definition) is 1. The van der Waals surface area contributed by atoms with Crippen LogP contribution in [0.15, 0.2) is 79.0 Å².